The van der Waals surface area contributed by atoms with Crippen molar-refractivity contribution >= 4 is 66.7 Å². The van der Waals surface area contributed by atoms with Gasteiger partial charge in [0, 0.05) is 27.6 Å². The average Bonchev–Trinajstić information content (AvgIpc) is 2.94. The molecule has 0 aromatic heterocycles. The topological polar surface area (TPSA) is 96.0 Å². The van der Waals surface area contributed by atoms with Gasteiger partial charge in [-0.1, -0.05) is 52.1 Å². The molecule has 0 bridgehead atoms. The van der Waals surface area contributed by atoms with E-state index in [0.717, 1.165) is 4.31 Å². The van der Waals surface area contributed by atoms with Crippen LogP contribution in [0.15, 0.2) is 76.1 Å². The Bertz CT molecular complexity index is 1450. The predicted octanol–water partition coefficient (Wildman–Crippen LogP) is 6.29. The van der Waals surface area contributed by atoms with E-state index in [1.165, 1.54) is 17.0 Å². The summed E-state index contributed by atoms with van der Waals surface area (Å²) in [7, 11) is -4.19. The van der Waals surface area contributed by atoms with Crippen LogP contribution in [0.4, 0.5) is 5.69 Å². The van der Waals surface area contributed by atoms with Gasteiger partial charge in [-0.2, -0.15) is 0 Å². The summed E-state index contributed by atoms with van der Waals surface area (Å²) in [6.45, 7) is 5.63. The second-order valence-electron chi connectivity index (χ2n) is 9.12. The summed E-state index contributed by atoms with van der Waals surface area (Å²) in [5.41, 5.74) is 0.820. The van der Waals surface area contributed by atoms with Crippen molar-refractivity contribution in [1.82, 2.24) is 10.2 Å². The molecule has 0 saturated carbocycles. The number of nitrogens with zero attached hydrogens (tertiary/aromatic N) is 2. The molecule has 41 heavy (non-hydrogen) atoms. The van der Waals surface area contributed by atoms with Gasteiger partial charge in [-0.05, 0) is 86.5 Å². The molecule has 0 spiro atoms. The lowest BCUT2D eigenvalue weighted by atomic mass is 10.1. The number of halogens is 3. The van der Waals surface area contributed by atoms with Crippen LogP contribution in [0.2, 0.25) is 10.0 Å². The molecular weight excluding hydrogens is 653 g/mol. The predicted molar refractivity (Wildman–Crippen MR) is 166 cm³/mol. The summed E-state index contributed by atoms with van der Waals surface area (Å²) >= 11 is 15.8. The highest BCUT2D eigenvalue weighted by molar-refractivity contribution is 9.10. The van der Waals surface area contributed by atoms with Gasteiger partial charge in [0.25, 0.3) is 10.0 Å². The van der Waals surface area contributed by atoms with Crippen LogP contribution in [0.3, 0.4) is 0 Å². The lowest BCUT2D eigenvalue weighted by Gasteiger charge is -2.32. The van der Waals surface area contributed by atoms with Gasteiger partial charge >= 0.3 is 0 Å². The maximum atomic E-state index is 14.0. The average molecular weight is 685 g/mol. The minimum absolute atomic E-state index is 0.00316. The standard InChI is InChI=1S/C29H32BrCl2N3O5S/c1-4-16-33-29(37)20(3)34(18-21-6-9-23(31)17-27(21)32)28(36)19-35(24-10-12-25(13-11-24)40-5-2)41(38,39)26-14-7-22(30)8-15-26/h6-15,17,20H,4-5,16,18-19H2,1-3H3,(H,33,37)/t20-/m0/s1. The summed E-state index contributed by atoms with van der Waals surface area (Å²) < 4.78 is 35.0. The van der Waals surface area contributed by atoms with Crippen molar-refractivity contribution in [3.05, 3.63) is 86.8 Å². The summed E-state index contributed by atoms with van der Waals surface area (Å²) in [5.74, 6) is -0.401. The minimum atomic E-state index is -4.19. The number of rotatable bonds is 13. The zero-order chi connectivity index (χ0) is 30.2. The largest absolute Gasteiger partial charge is 0.494 e. The van der Waals surface area contributed by atoms with Crippen molar-refractivity contribution in [2.75, 3.05) is 24.0 Å². The highest BCUT2D eigenvalue weighted by Gasteiger charge is 2.32. The summed E-state index contributed by atoms with van der Waals surface area (Å²) in [5, 5.41) is 3.55. The quantitative estimate of drug-likeness (QED) is 0.228. The van der Waals surface area contributed by atoms with Crippen LogP contribution in [-0.2, 0) is 26.2 Å². The van der Waals surface area contributed by atoms with Crippen LogP contribution in [0.1, 0.15) is 32.8 Å². The molecule has 3 aromatic rings. The molecule has 1 atom stereocenters. The molecule has 0 aliphatic rings. The molecule has 220 valence electrons. The van der Waals surface area contributed by atoms with Crippen molar-refractivity contribution in [3.63, 3.8) is 0 Å². The first-order chi connectivity index (χ1) is 19.5. The molecule has 0 unspecified atom stereocenters. The van der Waals surface area contributed by atoms with Crippen molar-refractivity contribution in [3.8, 4) is 5.75 Å². The van der Waals surface area contributed by atoms with E-state index >= 15 is 0 Å². The zero-order valence-electron chi connectivity index (χ0n) is 22.9. The Morgan fingerprint density at radius 1 is 1.00 bits per heavy atom. The molecule has 0 radical (unpaired) electrons. The number of anilines is 1. The molecule has 1 N–H and O–H groups in total. The third kappa shape index (κ3) is 8.61. The van der Waals surface area contributed by atoms with E-state index in [9.17, 15) is 18.0 Å². The van der Waals surface area contributed by atoms with Gasteiger partial charge in [0.15, 0.2) is 0 Å². The Kier molecular flexibility index (Phi) is 11.9. The Balaban J connectivity index is 2.04. The molecule has 0 aliphatic carbocycles. The first-order valence-corrected chi connectivity index (χ1v) is 16.0. The van der Waals surface area contributed by atoms with Crippen LogP contribution in [0.5, 0.6) is 5.75 Å². The number of ether oxygens (including phenoxy) is 1. The fourth-order valence-electron chi connectivity index (χ4n) is 3.95. The third-order valence-electron chi connectivity index (χ3n) is 6.19. The van der Waals surface area contributed by atoms with E-state index in [1.54, 1.807) is 61.5 Å². The molecule has 2 amide bonds. The van der Waals surface area contributed by atoms with Gasteiger partial charge in [-0.25, -0.2) is 8.42 Å². The second-order valence-corrected chi connectivity index (χ2v) is 12.7. The van der Waals surface area contributed by atoms with E-state index in [1.807, 2.05) is 13.8 Å². The van der Waals surface area contributed by atoms with Crippen LogP contribution in [-0.4, -0.2) is 50.9 Å². The number of hydrogen-bond donors (Lipinski definition) is 1. The van der Waals surface area contributed by atoms with E-state index in [2.05, 4.69) is 21.2 Å². The molecule has 12 heteroatoms. The molecule has 0 aliphatic heterocycles. The number of benzene rings is 3. The number of carbonyl (C=O) groups excluding carboxylic acids is 2. The van der Waals surface area contributed by atoms with E-state index in [-0.39, 0.29) is 23.0 Å². The van der Waals surface area contributed by atoms with Crippen LogP contribution in [0.25, 0.3) is 0 Å². The van der Waals surface area contributed by atoms with Crippen LogP contribution in [0, 0.1) is 0 Å². The van der Waals surface area contributed by atoms with Gasteiger partial charge < -0.3 is 15.0 Å². The van der Waals surface area contributed by atoms with Crippen molar-refractivity contribution in [2.24, 2.45) is 0 Å². The molecule has 3 rings (SSSR count). The summed E-state index contributed by atoms with van der Waals surface area (Å²) in [4.78, 5) is 28.3. The second kappa shape index (κ2) is 14.9. The molecule has 8 nitrogen and oxygen atoms in total. The molecule has 3 aromatic carbocycles. The normalized spacial score (nSPS) is 12.0. The fraction of sp³-hybridized carbons (Fsp3) is 0.310. The Morgan fingerprint density at radius 3 is 2.24 bits per heavy atom. The monoisotopic (exact) mass is 683 g/mol. The van der Waals surface area contributed by atoms with Crippen LogP contribution >= 0.6 is 39.1 Å². The zero-order valence-corrected chi connectivity index (χ0v) is 26.9. The third-order valence-corrected chi connectivity index (χ3v) is 9.09. The molecule has 0 heterocycles. The number of nitrogens with one attached hydrogen (secondary N) is 1. The highest BCUT2D eigenvalue weighted by atomic mass is 79.9. The first kappa shape index (κ1) is 32.7. The lowest BCUT2D eigenvalue weighted by Crippen LogP contribution is -2.51. The lowest BCUT2D eigenvalue weighted by molar-refractivity contribution is -0.139. The Morgan fingerprint density at radius 2 is 1.66 bits per heavy atom. The Hall–Kier alpha value is -2.79. The van der Waals surface area contributed by atoms with Crippen molar-refractivity contribution < 1.29 is 22.7 Å². The Labute approximate surface area is 259 Å². The maximum Gasteiger partial charge on any atom is 0.264 e. The van der Waals surface area contributed by atoms with E-state index < -0.39 is 28.5 Å². The van der Waals surface area contributed by atoms with Crippen molar-refractivity contribution in [1.29, 1.82) is 0 Å². The van der Waals surface area contributed by atoms with Gasteiger partial charge in [-0.15, -0.1) is 0 Å². The number of hydrogen-bond acceptors (Lipinski definition) is 5. The van der Waals surface area contributed by atoms with E-state index in [4.69, 9.17) is 27.9 Å². The molecule has 0 saturated heterocycles. The number of carbonyl (C=O) groups is 2. The van der Waals surface area contributed by atoms with Gasteiger partial charge in [0.2, 0.25) is 11.8 Å². The molecule has 0 fully saturated rings. The smallest absolute Gasteiger partial charge is 0.264 e. The maximum absolute atomic E-state index is 14.0. The first-order valence-electron chi connectivity index (χ1n) is 13.0. The van der Waals surface area contributed by atoms with E-state index in [0.29, 0.717) is 45.4 Å². The SMILES string of the molecule is CCCNC(=O)[C@H](C)N(Cc1ccc(Cl)cc1Cl)C(=O)CN(c1ccc(OCC)cc1)S(=O)(=O)c1ccc(Br)cc1. The number of amides is 2. The minimum Gasteiger partial charge on any atom is -0.494 e. The fourth-order valence-corrected chi connectivity index (χ4v) is 6.10. The number of sulfonamides is 1. The summed E-state index contributed by atoms with van der Waals surface area (Å²) in [6.07, 6.45) is 0.715. The van der Waals surface area contributed by atoms with Crippen LogP contribution < -0.4 is 14.4 Å². The van der Waals surface area contributed by atoms with Gasteiger partial charge in [0.1, 0.15) is 18.3 Å². The van der Waals surface area contributed by atoms with Gasteiger partial charge in [-0.3, -0.25) is 13.9 Å². The summed E-state index contributed by atoms with van der Waals surface area (Å²) in [6, 6.07) is 16.5. The van der Waals surface area contributed by atoms with Gasteiger partial charge in [0.05, 0.1) is 17.2 Å². The highest BCUT2D eigenvalue weighted by Crippen LogP contribution is 2.28. The van der Waals surface area contributed by atoms with Crippen molar-refractivity contribution in [2.45, 2.75) is 44.7 Å². The molecular formula is C29H32BrCl2N3O5S.